The SMILES string of the molecule is CCCCCCCC/C=C\CCCCCCCCCCCCCC(=O)OC[C@H](COP(=O)(O)OCCN)OC(=O)CCC/C=C\C/C=C\C/C=C\C/C=C\CC(O)CCC. The molecule has 60 heavy (non-hydrogen) atoms. The molecule has 0 aliphatic heterocycles. The first-order chi connectivity index (χ1) is 29.2. The summed E-state index contributed by atoms with van der Waals surface area (Å²) in [7, 11) is -4.41. The molecule has 0 aliphatic rings. The van der Waals surface area contributed by atoms with Crippen LogP contribution < -0.4 is 5.73 Å². The van der Waals surface area contributed by atoms with Crippen molar-refractivity contribution in [2.24, 2.45) is 5.73 Å². The second kappa shape index (κ2) is 44.7. The van der Waals surface area contributed by atoms with Gasteiger partial charge in [-0.15, -0.1) is 0 Å². The van der Waals surface area contributed by atoms with E-state index in [1.807, 2.05) is 18.2 Å². The normalized spacial score (nSPS) is 14.3. The maximum atomic E-state index is 12.6. The molecular weight excluding hydrogens is 778 g/mol. The number of hydrogen-bond acceptors (Lipinski definition) is 9. The summed E-state index contributed by atoms with van der Waals surface area (Å²) in [4.78, 5) is 34.9. The molecule has 3 atom stereocenters. The van der Waals surface area contributed by atoms with Crippen LogP contribution in [0.25, 0.3) is 0 Å². The molecule has 0 rings (SSSR count). The summed E-state index contributed by atoms with van der Waals surface area (Å²) >= 11 is 0. The largest absolute Gasteiger partial charge is 0.472 e. The van der Waals surface area contributed by atoms with Gasteiger partial charge in [0.15, 0.2) is 6.10 Å². The van der Waals surface area contributed by atoms with Crippen molar-refractivity contribution in [3.8, 4) is 0 Å². The van der Waals surface area contributed by atoms with Crippen LogP contribution in [0, 0.1) is 0 Å². The molecule has 0 fully saturated rings. The van der Waals surface area contributed by atoms with E-state index in [-0.39, 0.29) is 38.7 Å². The van der Waals surface area contributed by atoms with E-state index in [4.69, 9.17) is 24.3 Å². The van der Waals surface area contributed by atoms with Crippen LogP contribution in [0.5, 0.6) is 0 Å². The quantitative estimate of drug-likeness (QED) is 0.0233. The van der Waals surface area contributed by atoms with Crippen molar-refractivity contribution in [3.05, 3.63) is 60.8 Å². The van der Waals surface area contributed by atoms with E-state index >= 15 is 0 Å². The van der Waals surface area contributed by atoms with E-state index in [0.717, 1.165) is 57.8 Å². The summed E-state index contributed by atoms with van der Waals surface area (Å²) in [6, 6.07) is 0. The molecule has 0 aromatic heterocycles. The van der Waals surface area contributed by atoms with Gasteiger partial charge in [-0.3, -0.25) is 18.6 Å². The van der Waals surface area contributed by atoms with E-state index in [9.17, 15) is 24.2 Å². The summed E-state index contributed by atoms with van der Waals surface area (Å²) in [6.07, 6.45) is 50.4. The molecule has 0 amide bonds. The van der Waals surface area contributed by atoms with Crippen LogP contribution in [-0.2, 0) is 32.7 Å². The van der Waals surface area contributed by atoms with Gasteiger partial charge in [0.25, 0.3) is 0 Å². The first-order valence-corrected chi connectivity index (χ1v) is 25.3. The number of unbranched alkanes of at least 4 members (excludes halogenated alkanes) is 18. The van der Waals surface area contributed by atoms with E-state index < -0.39 is 32.5 Å². The summed E-state index contributed by atoms with van der Waals surface area (Å²) in [5.74, 6) is -0.915. The maximum absolute atomic E-state index is 12.6. The lowest BCUT2D eigenvalue weighted by Gasteiger charge is -2.19. The van der Waals surface area contributed by atoms with Gasteiger partial charge in [-0.05, 0) is 77.0 Å². The van der Waals surface area contributed by atoms with Gasteiger partial charge in [0.1, 0.15) is 6.61 Å². The lowest BCUT2D eigenvalue weighted by molar-refractivity contribution is -0.161. The molecule has 2 unspecified atom stereocenters. The Morgan fingerprint density at radius 3 is 1.58 bits per heavy atom. The number of esters is 2. The number of aliphatic hydroxyl groups excluding tert-OH is 1. The zero-order chi connectivity index (χ0) is 44.0. The Hall–Kier alpha value is -2.33. The third kappa shape index (κ3) is 43.7. The molecule has 0 heterocycles. The van der Waals surface area contributed by atoms with Crippen molar-refractivity contribution in [1.82, 2.24) is 0 Å². The lowest BCUT2D eigenvalue weighted by Crippen LogP contribution is -2.29. The van der Waals surface area contributed by atoms with Crippen LogP contribution in [-0.4, -0.2) is 60.5 Å². The highest BCUT2D eigenvalue weighted by atomic mass is 31.2. The monoisotopic (exact) mass is 866 g/mol. The number of phosphoric ester groups is 1. The first-order valence-electron chi connectivity index (χ1n) is 23.8. The van der Waals surface area contributed by atoms with Crippen LogP contribution in [0.2, 0.25) is 0 Å². The number of carbonyl (C=O) groups is 2. The summed E-state index contributed by atoms with van der Waals surface area (Å²) in [5.41, 5.74) is 5.35. The molecule has 0 bridgehead atoms. The smallest absolute Gasteiger partial charge is 0.462 e. The molecule has 0 radical (unpaired) electrons. The number of nitrogens with two attached hydrogens (primary N) is 1. The van der Waals surface area contributed by atoms with Gasteiger partial charge < -0.3 is 25.2 Å². The predicted octanol–water partition coefficient (Wildman–Crippen LogP) is 13.0. The molecule has 0 aliphatic carbocycles. The van der Waals surface area contributed by atoms with Crippen LogP contribution in [0.4, 0.5) is 0 Å². The van der Waals surface area contributed by atoms with Crippen molar-refractivity contribution in [2.75, 3.05) is 26.4 Å². The minimum atomic E-state index is -4.41. The maximum Gasteiger partial charge on any atom is 0.472 e. The van der Waals surface area contributed by atoms with Crippen molar-refractivity contribution in [2.45, 2.75) is 212 Å². The molecule has 0 spiro atoms. The molecule has 0 aromatic carbocycles. The second-order valence-corrected chi connectivity index (χ2v) is 17.3. The molecule has 0 saturated carbocycles. The van der Waals surface area contributed by atoms with Gasteiger partial charge in [0, 0.05) is 19.4 Å². The molecular formula is C49H88NO9P. The fourth-order valence-electron chi connectivity index (χ4n) is 6.40. The highest BCUT2D eigenvalue weighted by molar-refractivity contribution is 7.47. The number of ether oxygens (including phenoxy) is 2. The third-order valence-electron chi connectivity index (χ3n) is 9.93. The van der Waals surface area contributed by atoms with Crippen LogP contribution in [0.1, 0.15) is 200 Å². The lowest BCUT2D eigenvalue weighted by atomic mass is 10.0. The fourth-order valence-corrected chi connectivity index (χ4v) is 7.17. The van der Waals surface area contributed by atoms with E-state index in [0.29, 0.717) is 19.3 Å². The Balaban J connectivity index is 4.18. The Morgan fingerprint density at radius 1 is 0.567 bits per heavy atom. The van der Waals surface area contributed by atoms with Gasteiger partial charge in [-0.25, -0.2) is 4.57 Å². The minimum absolute atomic E-state index is 0.0365. The number of allylic oxidation sites excluding steroid dienone is 9. The number of phosphoric acid groups is 1. The predicted molar refractivity (Wildman–Crippen MR) is 249 cm³/mol. The van der Waals surface area contributed by atoms with E-state index in [1.54, 1.807) is 0 Å². The highest BCUT2D eigenvalue weighted by Gasteiger charge is 2.26. The topological polar surface area (TPSA) is 155 Å². The van der Waals surface area contributed by atoms with Crippen molar-refractivity contribution in [3.63, 3.8) is 0 Å². The fraction of sp³-hybridized carbons (Fsp3) is 0.755. The van der Waals surface area contributed by atoms with Crippen LogP contribution in [0.3, 0.4) is 0 Å². The van der Waals surface area contributed by atoms with Crippen LogP contribution in [0.15, 0.2) is 60.8 Å². The number of carbonyl (C=O) groups excluding carboxylic acids is 2. The number of aliphatic hydroxyl groups is 1. The minimum Gasteiger partial charge on any atom is -0.462 e. The van der Waals surface area contributed by atoms with Gasteiger partial charge in [-0.1, -0.05) is 171 Å². The third-order valence-corrected chi connectivity index (χ3v) is 10.9. The van der Waals surface area contributed by atoms with Gasteiger partial charge >= 0.3 is 19.8 Å². The Morgan fingerprint density at radius 2 is 1.03 bits per heavy atom. The number of rotatable bonds is 44. The van der Waals surface area contributed by atoms with Crippen LogP contribution >= 0.6 is 7.82 Å². The summed E-state index contributed by atoms with van der Waals surface area (Å²) < 4.78 is 32.8. The van der Waals surface area contributed by atoms with Gasteiger partial charge in [0.2, 0.25) is 0 Å². The van der Waals surface area contributed by atoms with Crippen molar-refractivity contribution < 1.29 is 42.7 Å². The van der Waals surface area contributed by atoms with Crippen molar-refractivity contribution >= 4 is 19.8 Å². The molecule has 348 valence electrons. The Labute approximate surface area is 366 Å². The summed E-state index contributed by atoms with van der Waals surface area (Å²) in [6.45, 7) is 3.46. The number of hydrogen-bond donors (Lipinski definition) is 3. The average molecular weight is 866 g/mol. The zero-order valence-electron chi connectivity index (χ0n) is 38.0. The molecule has 0 aromatic rings. The molecule has 0 saturated heterocycles. The van der Waals surface area contributed by atoms with Crippen molar-refractivity contribution in [1.29, 1.82) is 0 Å². The zero-order valence-corrected chi connectivity index (χ0v) is 38.9. The molecule has 11 heteroatoms. The first kappa shape index (κ1) is 57.7. The summed E-state index contributed by atoms with van der Waals surface area (Å²) in [5, 5.41) is 9.73. The standard InChI is InChI=1S/C49H88NO9P/c1-3-5-6-7-8-9-10-11-12-13-14-15-16-17-18-21-24-27-30-33-36-40-48(52)56-44-47(45-58-60(54,55)57-43-42-50)59-49(53)41-37-34-31-28-25-22-19-20-23-26-29-32-35-39-46(51)38-4-2/h11-12,19,22-23,26,28,31-32,35,46-47,51H,3-10,13-18,20-21,24-25,27,29-30,33-34,36-45,50H2,1-2H3,(H,54,55)/b12-11-,22-19-,26-23-,31-28-,35-32-/t46?,47-/m1/s1. The Kier molecular flexibility index (Phi) is 43.0. The highest BCUT2D eigenvalue weighted by Crippen LogP contribution is 2.43. The molecule has 4 N–H and O–H groups in total. The van der Waals surface area contributed by atoms with Gasteiger partial charge in [-0.2, -0.15) is 0 Å². The van der Waals surface area contributed by atoms with E-state index in [1.165, 1.54) is 96.3 Å². The Bertz CT molecular complexity index is 1190. The molecule has 10 nitrogen and oxygen atoms in total. The van der Waals surface area contributed by atoms with E-state index in [2.05, 4.69) is 56.4 Å². The van der Waals surface area contributed by atoms with Gasteiger partial charge in [0.05, 0.1) is 19.3 Å². The second-order valence-electron chi connectivity index (χ2n) is 15.8. The average Bonchev–Trinajstić information content (AvgIpc) is 3.23.